The summed E-state index contributed by atoms with van der Waals surface area (Å²) in [4.78, 5) is 10.9. The SMILES string of the molecule is COc1cc2ncnc(Nc3ccc(F)c(Cl)c3F)c2cc1OC1CC2CN(C)CC2C1. The van der Waals surface area contributed by atoms with Crippen LogP contribution in [0.2, 0.25) is 5.02 Å². The average molecular weight is 461 g/mol. The number of methoxy groups -OCH3 is 1. The highest BCUT2D eigenvalue weighted by Gasteiger charge is 2.40. The summed E-state index contributed by atoms with van der Waals surface area (Å²) in [5, 5.41) is 2.95. The number of nitrogens with zero attached hydrogens (tertiary/aromatic N) is 3. The minimum Gasteiger partial charge on any atom is -0.493 e. The van der Waals surface area contributed by atoms with Gasteiger partial charge in [0.25, 0.3) is 0 Å². The second-order valence-electron chi connectivity index (χ2n) is 8.54. The second-order valence-corrected chi connectivity index (χ2v) is 8.92. The number of rotatable bonds is 5. The van der Waals surface area contributed by atoms with Gasteiger partial charge < -0.3 is 19.7 Å². The van der Waals surface area contributed by atoms with Gasteiger partial charge in [-0.3, -0.25) is 0 Å². The van der Waals surface area contributed by atoms with Gasteiger partial charge in [-0.05, 0) is 49.9 Å². The van der Waals surface area contributed by atoms with Crippen LogP contribution in [0.5, 0.6) is 11.5 Å². The van der Waals surface area contributed by atoms with Crippen LogP contribution in [0, 0.1) is 23.5 Å². The van der Waals surface area contributed by atoms with Crippen LogP contribution >= 0.6 is 11.6 Å². The third-order valence-corrected chi connectivity index (χ3v) is 6.74. The van der Waals surface area contributed by atoms with E-state index in [1.165, 1.54) is 12.4 Å². The Morgan fingerprint density at radius 3 is 2.56 bits per heavy atom. The molecular weight excluding hydrogens is 438 g/mol. The predicted molar refractivity (Wildman–Crippen MR) is 119 cm³/mol. The largest absolute Gasteiger partial charge is 0.493 e. The van der Waals surface area contributed by atoms with Gasteiger partial charge in [-0.2, -0.15) is 0 Å². The van der Waals surface area contributed by atoms with Crippen LogP contribution in [-0.2, 0) is 0 Å². The molecule has 2 heterocycles. The first-order valence-electron chi connectivity index (χ1n) is 10.5. The molecule has 1 aromatic heterocycles. The maximum atomic E-state index is 14.4. The molecule has 3 aromatic rings. The third-order valence-electron chi connectivity index (χ3n) is 6.39. The Bertz CT molecular complexity index is 1160. The van der Waals surface area contributed by atoms with E-state index >= 15 is 0 Å². The molecule has 1 N–H and O–H groups in total. The highest BCUT2D eigenvalue weighted by Crippen LogP contribution is 2.42. The van der Waals surface area contributed by atoms with Crippen molar-refractivity contribution in [1.82, 2.24) is 14.9 Å². The van der Waals surface area contributed by atoms with E-state index in [0.29, 0.717) is 40.1 Å². The number of halogens is 3. The summed E-state index contributed by atoms with van der Waals surface area (Å²) >= 11 is 5.71. The quantitative estimate of drug-likeness (QED) is 0.539. The number of benzene rings is 2. The molecule has 9 heteroatoms. The third kappa shape index (κ3) is 3.82. The fraction of sp³-hybridized carbons (Fsp3) is 0.391. The maximum Gasteiger partial charge on any atom is 0.168 e. The van der Waals surface area contributed by atoms with Gasteiger partial charge in [0.05, 0.1) is 24.4 Å². The zero-order valence-electron chi connectivity index (χ0n) is 17.7. The lowest BCUT2D eigenvalue weighted by atomic mass is 10.0. The van der Waals surface area contributed by atoms with Crippen molar-refractivity contribution in [3.05, 3.63) is 47.2 Å². The molecule has 5 rings (SSSR count). The van der Waals surface area contributed by atoms with E-state index < -0.39 is 16.7 Å². The molecule has 0 bridgehead atoms. The Labute approximate surface area is 189 Å². The van der Waals surface area contributed by atoms with Crippen LogP contribution < -0.4 is 14.8 Å². The van der Waals surface area contributed by atoms with Crippen LogP contribution in [-0.4, -0.2) is 48.2 Å². The van der Waals surface area contributed by atoms with Crippen molar-refractivity contribution >= 4 is 34.0 Å². The summed E-state index contributed by atoms with van der Waals surface area (Å²) in [5.41, 5.74) is 0.618. The summed E-state index contributed by atoms with van der Waals surface area (Å²) in [6, 6.07) is 5.96. The fourth-order valence-electron chi connectivity index (χ4n) is 4.92. The summed E-state index contributed by atoms with van der Waals surface area (Å²) < 4.78 is 39.9. The van der Waals surface area contributed by atoms with E-state index in [-0.39, 0.29) is 11.8 Å². The molecule has 0 amide bonds. The van der Waals surface area contributed by atoms with E-state index in [0.717, 1.165) is 32.0 Å². The smallest absolute Gasteiger partial charge is 0.168 e. The van der Waals surface area contributed by atoms with E-state index in [2.05, 4.69) is 27.2 Å². The first kappa shape index (κ1) is 21.2. The van der Waals surface area contributed by atoms with Crippen molar-refractivity contribution in [2.75, 3.05) is 32.6 Å². The van der Waals surface area contributed by atoms with Gasteiger partial charge in [-0.25, -0.2) is 18.7 Å². The lowest BCUT2D eigenvalue weighted by molar-refractivity contribution is 0.183. The molecule has 2 aromatic carbocycles. The molecule has 6 nitrogen and oxygen atoms in total. The van der Waals surface area contributed by atoms with Crippen molar-refractivity contribution in [3.8, 4) is 11.5 Å². The number of fused-ring (bicyclic) bond motifs is 2. The number of ether oxygens (including phenoxy) is 2. The Hall–Kier alpha value is -2.71. The summed E-state index contributed by atoms with van der Waals surface area (Å²) in [6.45, 7) is 2.21. The molecule has 1 aliphatic heterocycles. The fourth-order valence-corrected chi connectivity index (χ4v) is 5.08. The first-order chi connectivity index (χ1) is 15.4. The molecule has 2 unspecified atom stereocenters. The molecule has 0 radical (unpaired) electrons. The van der Waals surface area contributed by atoms with Crippen molar-refractivity contribution in [2.24, 2.45) is 11.8 Å². The van der Waals surface area contributed by atoms with Gasteiger partial charge in [0, 0.05) is 24.5 Å². The Balaban J connectivity index is 1.46. The number of hydrogen-bond donors (Lipinski definition) is 1. The minimum absolute atomic E-state index is 0.0161. The van der Waals surface area contributed by atoms with E-state index in [9.17, 15) is 8.78 Å². The lowest BCUT2D eigenvalue weighted by Gasteiger charge is -2.19. The van der Waals surface area contributed by atoms with Gasteiger partial charge in [0.2, 0.25) is 0 Å². The van der Waals surface area contributed by atoms with E-state index in [1.807, 2.05) is 0 Å². The van der Waals surface area contributed by atoms with Crippen molar-refractivity contribution in [1.29, 1.82) is 0 Å². The Morgan fingerprint density at radius 2 is 1.84 bits per heavy atom. The van der Waals surface area contributed by atoms with Crippen molar-refractivity contribution in [3.63, 3.8) is 0 Å². The predicted octanol–water partition coefficient (Wildman–Crippen LogP) is 5.03. The zero-order valence-corrected chi connectivity index (χ0v) is 18.5. The molecule has 1 aliphatic carbocycles. The van der Waals surface area contributed by atoms with Crippen molar-refractivity contribution in [2.45, 2.75) is 18.9 Å². The molecule has 2 fully saturated rings. The monoisotopic (exact) mass is 460 g/mol. The van der Waals surface area contributed by atoms with Crippen LogP contribution in [0.25, 0.3) is 10.9 Å². The van der Waals surface area contributed by atoms with E-state index in [1.54, 1.807) is 19.2 Å². The zero-order chi connectivity index (χ0) is 22.4. The van der Waals surface area contributed by atoms with Gasteiger partial charge in [-0.15, -0.1) is 0 Å². The van der Waals surface area contributed by atoms with Crippen LogP contribution in [0.15, 0.2) is 30.6 Å². The van der Waals surface area contributed by atoms with Gasteiger partial charge >= 0.3 is 0 Å². The molecule has 168 valence electrons. The van der Waals surface area contributed by atoms with Crippen LogP contribution in [0.1, 0.15) is 12.8 Å². The number of likely N-dealkylation sites (tertiary alicyclic amines) is 1. The van der Waals surface area contributed by atoms with Crippen molar-refractivity contribution < 1.29 is 18.3 Å². The second kappa shape index (κ2) is 8.33. The summed E-state index contributed by atoms with van der Waals surface area (Å²) in [6.07, 6.45) is 3.49. The maximum absolute atomic E-state index is 14.4. The Morgan fingerprint density at radius 1 is 1.09 bits per heavy atom. The topological polar surface area (TPSA) is 59.5 Å². The van der Waals surface area contributed by atoms with Crippen LogP contribution in [0.3, 0.4) is 0 Å². The average Bonchev–Trinajstić information content (AvgIpc) is 3.30. The molecule has 1 saturated heterocycles. The van der Waals surface area contributed by atoms with Gasteiger partial charge in [-0.1, -0.05) is 11.6 Å². The summed E-state index contributed by atoms with van der Waals surface area (Å²) in [5.74, 6) is 1.13. The Kier molecular flexibility index (Phi) is 5.51. The van der Waals surface area contributed by atoms with Gasteiger partial charge in [0.15, 0.2) is 17.3 Å². The highest BCUT2D eigenvalue weighted by atomic mass is 35.5. The molecule has 1 saturated carbocycles. The standard InChI is InChI=1S/C23H23ClF2N4O2/c1-30-9-12-5-14(6-13(12)10-30)32-20-7-15-18(8-19(20)31-2)27-11-28-23(15)29-17-4-3-16(25)21(24)22(17)26/h3-4,7-8,11-14H,5-6,9-10H2,1-2H3,(H,27,28,29). The number of hydrogen-bond acceptors (Lipinski definition) is 6. The van der Waals surface area contributed by atoms with Gasteiger partial charge in [0.1, 0.15) is 23.0 Å². The van der Waals surface area contributed by atoms with Crippen LogP contribution in [0.4, 0.5) is 20.3 Å². The minimum atomic E-state index is -0.883. The molecular formula is C23H23ClF2N4O2. The molecule has 2 atom stereocenters. The molecule has 2 aliphatic rings. The number of aromatic nitrogens is 2. The lowest BCUT2D eigenvalue weighted by Crippen LogP contribution is -2.20. The molecule has 32 heavy (non-hydrogen) atoms. The number of anilines is 2. The first-order valence-corrected chi connectivity index (χ1v) is 10.9. The van der Waals surface area contributed by atoms with E-state index in [4.69, 9.17) is 21.1 Å². The highest BCUT2D eigenvalue weighted by molar-refractivity contribution is 6.31. The number of nitrogens with one attached hydrogen (secondary N) is 1. The molecule has 0 spiro atoms. The normalized spacial score (nSPS) is 22.8. The summed E-state index contributed by atoms with van der Waals surface area (Å²) in [7, 11) is 3.74.